The van der Waals surface area contributed by atoms with Gasteiger partial charge in [0, 0.05) is 41.3 Å². The lowest BCUT2D eigenvalue weighted by atomic mass is 9.83. The van der Waals surface area contributed by atoms with Gasteiger partial charge in [0.2, 0.25) is 5.95 Å². The predicted octanol–water partition coefficient (Wildman–Crippen LogP) is 7.05. The fraction of sp³-hybridized carbons (Fsp3) is 0.429. The highest BCUT2D eigenvalue weighted by atomic mass is 16.3. The third-order valence-electron chi connectivity index (χ3n) is 7.03. The highest BCUT2D eigenvalue weighted by molar-refractivity contribution is 6.04. The molecule has 1 N–H and O–H groups in total. The van der Waals surface area contributed by atoms with E-state index in [0.717, 1.165) is 71.1 Å². The van der Waals surface area contributed by atoms with Gasteiger partial charge in [0.1, 0.15) is 17.1 Å². The smallest absolute Gasteiger partial charge is 0.230 e. The normalized spacial score (nSPS) is 14.6. The second-order valence-electron chi connectivity index (χ2n) is 10.4. The molecule has 2 heterocycles. The van der Waals surface area contributed by atoms with Crippen LogP contribution in [0.1, 0.15) is 74.1 Å². The van der Waals surface area contributed by atoms with Gasteiger partial charge in [-0.2, -0.15) is 0 Å². The molecule has 4 aromatic rings. The maximum absolute atomic E-state index is 11.4. The molecule has 0 atom stereocenters. The number of imidazole rings is 1. The molecule has 1 aliphatic rings. The Kier molecular flexibility index (Phi) is 5.11. The first-order valence-corrected chi connectivity index (χ1v) is 12.0. The van der Waals surface area contributed by atoms with Gasteiger partial charge in [0.05, 0.1) is 11.0 Å². The number of furan rings is 1. The third-order valence-corrected chi connectivity index (χ3v) is 7.03. The van der Waals surface area contributed by atoms with Crippen molar-refractivity contribution in [2.45, 2.75) is 79.2 Å². The van der Waals surface area contributed by atoms with Gasteiger partial charge in [-0.25, -0.2) is 9.98 Å². The first kappa shape index (κ1) is 21.7. The average Bonchev–Trinajstić information content (AvgIpc) is 3.29. The van der Waals surface area contributed by atoms with Crippen molar-refractivity contribution in [1.82, 2.24) is 9.55 Å². The van der Waals surface area contributed by atoms with E-state index in [2.05, 4.69) is 58.2 Å². The standard InChI is InChI=1S/C28H33N3O2/c1-7-31-22-13-17(3)16(2)12-21(22)30-27(31)29-15-19-25-18-10-8-9-11-23(18)33-24(25)14-20(26(19)32)28(4,5)6/h12-15,32H,7-11H2,1-6H3. The highest BCUT2D eigenvalue weighted by Gasteiger charge is 2.27. The summed E-state index contributed by atoms with van der Waals surface area (Å²) in [6, 6.07) is 6.33. The molecule has 33 heavy (non-hydrogen) atoms. The van der Waals surface area contributed by atoms with Crippen LogP contribution in [0.3, 0.4) is 0 Å². The number of aromatic nitrogens is 2. The number of aromatic hydroxyl groups is 1. The zero-order chi connectivity index (χ0) is 23.5. The van der Waals surface area contributed by atoms with Crippen LogP contribution in [-0.4, -0.2) is 20.9 Å². The first-order chi connectivity index (χ1) is 15.7. The van der Waals surface area contributed by atoms with Crippen LogP contribution in [0, 0.1) is 13.8 Å². The molecule has 5 heteroatoms. The van der Waals surface area contributed by atoms with E-state index in [9.17, 15) is 5.11 Å². The maximum atomic E-state index is 11.4. The second kappa shape index (κ2) is 7.75. The van der Waals surface area contributed by atoms with E-state index >= 15 is 0 Å². The summed E-state index contributed by atoms with van der Waals surface area (Å²) in [5.41, 5.74) is 7.97. The number of aliphatic imine (C=N–C) groups is 1. The zero-order valence-corrected chi connectivity index (χ0v) is 20.5. The van der Waals surface area contributed by atoms with E-state index in [1.165, 1.54) is 16.7 Å². The molecule has 2 aromatic heterocycles. The van der Waals surface area contributed by atoms with E-state index in [1.54, 1.807) is 6.21 Å². The quantitative estimate of drug-likeness (QED) is 0.345. The molecule has 0 bridgehead atoms. The Morgan fingerprint density at radius 2 is 1.85 bits per heavy atom. The van der Waals surface area contributed by atoms with Crippen LogP contribution in [-0.2, 0) is 24.8 Å². The van der Waals surface area contributed by atoms with Crippen LogP contribution in [0.4, 0.5) is 5.95 Å². The lowest BCUT2D eigenvalue weighted by Crippen LogP contribution is -2.12. The van der Waals surface area contributed by atoms with Gasteiger partial charge in [-0.15, -0.1) is 0 Å². The summed E-state index contributed by atoms with van der Waals surface area (Å²) < 4.78 is 8.43. The zero-order valence-electron chi connectivity index (χ0n) is 20.5. The molecule has 2 aromatic carbocycles. The van der Waals surface area contributed by atoms with E-state index in [4.69, 9.17) is 14.4 Å². The molecule has 0 aliphatic heterocycles. The Morgan fingerprint density at radius 3 is 2.58 bits per heavy atom. The Morgan fingerprint density at radius 1 is 1.12 bits per heavy atom. The molecule has 172 valence electrons. The second-order valence-corrected chi connectivity index (χ2v) is 10.4. The number of rotatable bonds is 3. The van der Waals surface area contributed by atoms with Crippen molar-refractivity contribution in [2.24, 2.45) is 4.99 Å². The molecule has 0 spiro atoms. The number of benzene rings is 2. The molecule has 5 rings (SSSR count). The molecule has 0 amide bonds. The molecule has 5 nitrogen and oxygen atoms in total. The Labute approximate surface area is 195 Å². The predicted molar refractivity (Wildman–Crippen MR) is 135 cm³/mol. The molecule has 0 saturated heterocycles. The molecular formula is C28H33N3O2. The lowest BCUT2D eigenvalue weighted by molar-refractivity contribution is 0.446. The molecule has 1 aliphatic carbocycles. The minimum atomic E-state index is -0.222. The Bertz CT molecular complexity index is 1410. The number of hydrogen-bond acceptors (Lipinski definition) is 4. The van der Waals surface area contributed by atoms with Crippen LogP contribution >= 0.6 is 0 Å². The van der Waals surface area contributed by atoms with E-state index in [1.807, 2.05) is 6.07 Å². The number of phenolic OH excluding ortho intramolecular Hbond substituents is 1. The van der Waals surface area contributed by atoms with E-state index in [0.29, 0.717) is 11.7 Å². The summed E-state index contributed by atoms with van der Waals surface area (Å²) in [5, 5.41) is 12.4. The van der Waals surface area contributed by atoms with Crippen molar-refractivity contribution >= 4 is 34.2 Å². The van der Waals surface area contributed by atoms with Crippen LogP contribution in [0.15, 0.2) is 27.6 Å². The molecule has 0 saturated carbocycles. The number of phenols is 1. The monoisotopic (exact) mass is 443 g/mol. The van der Waals surface area contributed by atoms with Gasteiger partial charge < -0.3 is 14.1 Å². The number of hydrogen-bond donors (Lipinski definition) is 1. The van der Waals surface area contributed by atoms with Crippen LogP contribution in [0.25, 0.3) is 22.0 Å². The van der Waals surface area contributed by atoms with Gasteiger partial charge in [0.25, 0.3) is 0 Å². The van der Waals surface area contributed by atoms with Crippen molar-refractivity contribution < 1.29 is 9.52 Å². The Hall–Kier alpha value is -3.08. The minimum Gasteiger partial charge on any atom is -0.507 e. The number of aryl methyl sites for hydroxylation is 5. The fourth-order valence-corrected chi connectivity index (χ4v) is 5.04. The van der Waals surface area contributed by atoms with E-state index < -0.39 is 0 Å². The maximum Gasteiger partial charge on any atom is 0.230 e. The molecule has 0 fully saturated rings. The number of fused-ring (bicyclic) bond motifs is 4. The van der Waals surface area contributed by atoms with Crippen LogP contribution in [0.5, 0.6) is 5.75 Å². The summed E-state index contributed by atoms with van der Waals surface area (Å²) in [5.74, 6) is 2.01. The topological polar surface area (TPSA) is 63.5 Å². The van der Waals surface area contributed by atoms with Gasteiger partial charge in [-0.05, 0) is 74.8 Å². The summed E-state index contributed by atoms with van der Waals surface area (Å²) in [4.78, 5) is 9.65. The van der Waals surface area contributed by atoms with Crippen molar-refractivity contribution in [3.05, 3.63) is 51.8 Å². The van der Waals surface area contributed by atoms with Gasteiger partial charge >= 0.3 is 0 Å². The lowest BCUT2D eigenvalue weighted by Gasteiger charge is -2.21. The SMILES string of the molecule is CCn1c(N=Cc2c(O)c(C(C)(C)C)cc3oc4c(c23)CCCC4)nc2cc(C)c(C)cc21. The average molecular weight is 444 g/mol. The van der Waals surface area contributed by atoms with Crippen molar-refractivity contribution in [3.63, 3.8) is 0 Å². The largest absolute Gasteiger partial charge is 0.507 e. The van der Waals surface area contributed by atoms with Gasteiger partial charge in [-0.3, -0.25) is 0 Å². The summed E-state index contributed by atoms with van der Waals surface area (Å²) in [6.07, 6.45) is 6.02. The van der Waals surface area contributed by atoms with Crippen molar-refractivity contribution in [1.29, 1.82) is 0 Å². The number of nitrogens with zero attached hydrogens (tertiary/aromatic N) is 3. The molecule has 0 radical (unpaired) electrons. The van der Waals surface area contributed by atoms with Gasteiger partial charge in [-0.1, -0.05) is 20.8 Å². The fourth-order valence-electron chi connectivity index (χ4n) is 5.04. The molecule has 0 unspecified atom stereocenters. The summed E-state index contributed by atoms with van der Waals surface area (Å²) >= 11 is 0. The third kappa shape index (κ3) is 3.54. The highest BCUT2D eigenvalue weighted by Crippen LogP contribution is 2.42. The molecular weight excluding hydrogens is 410 g/mol. The Balaban J connectivity index is 1.73. The van der Waals surface area contributed by atoms with Crippen LogP contribution < -0.4 is 0 Å². The van der Waals surface area contributed by atoms with Gasteiger partial charge in [0.15, 0.2) is 0 Å². The summed E-state index contributed by atoms with van der Waals surface area (Å²) in [7, 11) is 0. The van der Waals surface area contributed by atoms with Crippen molar-refractivity contribution in [2.75, 3.05) is 0 Å². The summed E-state index contributed by atoms with van der Waals surface area (Å²) in [6.45, 7) is 13.4. The van der Waals surface area contributed by atoms with E-state index in [-0.39, 0.29) is 5.41 Å². The van der Waals surface area contributed by atoms with Crippen LogP contribution in [0.2, 0.25) is 0 Å². The van der Waals surface area contributed by atoms with Crippen molar-refractivity contribution in [3.8, 4) is 5.75 Å². The first-order valence-electron chi connectivity index (χ1n) is 12.0. The minimum absolute atomic E-state index is 0.222.